The molecular formula is C22H20FN3O4S2. The average Bonchev–Trinajstić information content (AvgIpc) is 3.19. The van der Waals surface area contributed by atoms with Gasteiger partial charge in [0.05, 0.1) is 27.2 Å². The molecule has 7 nitrogen and oxygen atoms in total. The Bertz CT molecular complexity index is 1390. The zero-order valence-electron chi connectivity index (χ0n) is 17.0. The lowest BCUT2D eigenvalue weighted by Gasteiger charge is -2.24. The number of hydrogen-bond donors (Lipinski definition) is 1. The van der Waals surface area contributed by atoms with Gasteiger partial charge in [0.15, 0.2) is 9.84 Å². The summed E-state index contributed by atoms with van der Waals surface area (Å²) in [5, 5.41) is 11.6. The van der Waals surface area contributed by atoms with Crippen molar-refractivity contribution in [2.45, 2.75) is 22.3 Å². The Kier molecular flexibility index (Phi) is 5.61. The van der Waals surface area contributed by atoms with Crippen molar-refractivity contribution in [3.63, 3.8) is 0 Å². The van der Waals surface area contributed by atoms with Crippen molar-refractivity contribution >= 4 is 31.3 Å². The van der Waals surface area contributed by atoms with E-state index in [9.17, 15) is 21.2 Å². The Labute approximate surface area is 186 Å². The molecule has 0 spiro atoms. The zero-order valence-corrected chi connectivity index (χ0v) is 18.6. The van der Waals surface area contributed by atoms with Crippen molar-refractivity contribution in [3.05, 3.63) is 89.7 Å². The third-order valence-corrected chi connectivity index (χ3v) is 7.27. The van der Waals surface area contributed by atoms with Crippen molar-refractivity contribution in [1.82, 2.24) is 0 Å². The lowest BCUT2D eigenvalue weighted by atomic mass is 9.98. The average molecular weight is 474 g/mol. The second-order valence-corrected chi connectivity index (χ2v) is 11.1. The molecule has 0 aliphatic carbocycles. The van der Waals surface area contributed by atoms with Crippen LogP contribution in [-0.4, -0.2) is 28.8 Å². The number of hydrogen-bond acceptors (Lipinski definition) is 6. The smallest absolute Gasteiger partial charge is 0.238 e. The molecule has 0 radical (unpaired) electrons. The van der Waals surface area contributed by atoms with Crippen molar-refractivity contribution in [2.24, 2.45) is 10.2 Å². The maximum Gasteiger partial charge on any atom is 0.238 e. The monoisotopic (exact) mass is 473 g/mol. The lowest BCUT2D eigenvalue weighted by Crippen LogP contribution is -2.19. The minimum atomic E-state index is -3.83. The summed E-state index contributed by atoms with van der Waals surface area (Å²) in [6, 6.07) is 18.3. The number of hydrazone groups is 1. The molecule has 166 valence electrons. The first-order valence-electron chi connectivity index (χ1n) is 9.58. The van der Waals surface area contributed by atoms with Crippen LogP contribution >= 0.6 is 0 Å². The van der Waals surface area contributed by atoms with E-state index >= 15 is 0 Å². The molecule has 1 unspecified atom stereocenters. The molecule has 3 aromatic carbocycles. The Morgan fingerprint density at radius 2 is 1.44 bits per heavy atom. The van der Waals surface area contributed by atoms with Gasteiger partial charge in [-0.1, -0.05) is 24.3 Å². The van der Waals surface area contributed by atoms with Gasteiger partial charge in [-0.3, -0.25) is 5.01 Å². The topological polar surface area (TPSA) is 110 Å². The van der Waals surface area contributed by atoms with Crippen molar-refractivity contribution < 1.29 is 21.2 Å². The minimum absolute atomic E-state index is 0.0145. The number of anilines is 1. The molecule has 32 heavy (non-hydrogen) atoms. The van der Waals surface area contributed by atoms with E-state index in [4.69, 9.17) is 10.2 Å². The van der Waals surface area contributed by atoms with Gasteiger partial charge in [-0.05, 0) is 59.7 Å². The molecule has 0 saturated carbocycles. The summed E-state index contributed by atoms with van der Waals surface area (Å²) in [5.41, 5.74) is 2.94. The number of nitrogens with zero attached hydrogens (tertiary/aromatic N) is 2. The predicted octanol–water partition coefficient (Wildman–Crippen LogP) is 3.23. The molecule has 1 aliphatic heterocycles. The van der Waals surface area contributed by atoms with E-state index in [0.29, 0.717) is 12.1 Å². The number of nitrogens with two attached hydrogens (primary N) is 1. The van der Waals surface area contributed by atoms with Gasteiger partial charge in [0.25, 0.3) is 0 Å². The molecule has 0 bridgehead atoms. The summed E-state index contributed by atoms with van der Waals surface area (Å²) in [5.74, 6) is -0.353. The van der Waals surface area contributed by atoms with E-state index in [1.54, 1.807) is 41.4 Å². The fourth-order valence-electron chi connectivity index (χ4n) is 3.55. The van der Waals surface area contributed by atoms with Gasteiger partial charge in [-0.25, -0.2) is 26.4 Å². The van der Waals surface area contributed by atoms with E-state index in [1.807, 2.05) is 0 Å². The van der Waals surface area contributed by atoms with Crippen LogP contribution in [0.5, 0.6) is 0 Å². The minimum Gasteiger partial charge on any atom is -0.257 e. The SMILES string of the molecule is CS(=O)(=O)c1ccc(C2=NN(c3ccc(S(N)(=O)=O)cc3)C(c3ccc(F)cc3)C2)cc1. The van der Waals surface area contributed by atoms with Crippen LogP contribution in [0.1, 0.15) is 23.6 Å². The van der Waals surface area contributed by atoms with Crippen molar-refractivity contribution in [2.75, 3.05) is 11.3 Å². The molecule has 0 aromatic heterocycles. The number of halogens is 1. The Hall–Kier alpha value is -3.08. The first-order valence-corrected chi connectivity index (χ1v) is 13.0. The summed E-state index contributed by atoms with van der Waals surface area (Å²) < 4.78 is 60.1. The number of sulfonamides is 1. The van der Waals surface area contributed by atoms with Crippen molar-refractivity contribution in [1.29, 1.82) is 0 Å². The van der Waals surface area contributed by atoms with Gasteiger partial charge in [-0.15, -0.1) is 0 Å². The summed E-state index contributed by atoms with van der Waals surface area (Å²) in [7, 11) is -7.14. The number of rotatable bonds is 5. The fraction of sp³-hybridized carbons (Fsp3) is 0.136. The molecule has 1 atom stereocenters. The van der Waals surface area contributed by atoms with Crippen LogP contribution in [0, 0.1) is 5.82 Å². The van der Waals surface area contributed by atoms with Crippen LogP contribution in [0.4, 0.5) is 10.1 Å². The van der Waals surface area contributed by atoms with Gasteiger partial charge < -0.3 is 0 Å². The predicted molar refractivity (Wildman–Crippen MR) is 120 cm³/mol. The maximum absolute atomic E-state index is 13.5. The second-order valence-electron chi connectivity index (χ2n) is 7.50. The van der Waals surface area contributed by atoms with Crippen LogP contribution in [0.25, 0.3) is 0 Å². The first kappa shape index (κ1) is 22.1. The summed E-state index contributed by atoms with van der Waals surface area (Å²) in [6.07, 6.45) is 1.63. The second kappa shape index (κ2) is 8.12. The standard InChI is InChI=1S/C22H20FN3O4S2/c1-31(27,28)19-10-4-15(5-11-19)21-14-22(16-2-6-17(23)7-3-16)26(25-21)18-8-12-20(13-9-18)32(24,29)30/h2-13,22H,14H2,1H3,(H2,24,29,30). The van der Waals surface area contributed by atoms with Gasteiger partial charge in [0.2, 0.25) is 10.0 Å². The molecule has 4 rings (SSSR count). The van der Waals surface area contributed by atoms with Crippen LogP contribution in [0.2, 0.25) is 0 Å². The lowest BCUT2D eigenvalue weighted by molar-refractivity contribution is 0.597. The quantitative estimate of drug-likeness (QED) is 0.612. The summed E-state index contributed by atoms with van der Waals surface area (Å²) in [6.45, 7) is 0. The number of benzene rings is 3. The summed E-state index contributed by atoms with van der Waals surface area (Å²) in [4.78, 5) is 0.199. The largest absolute Gasteiger partial charge is 0.257 e. The normalized spacial score (nSPS) is 16.8. The first-order chi connectivity index (χ1) is 15.0. The molecule has 1 heterocycles. The highest BCUT2D eigenvalue weighted by atomic mass is 32.2. The Morgan fingerprint density at radius 3 is 1.97 bits per heavy atom. The number of primary sulfonamides is 1. The van der Waals surface area contributed by atoms with Gasteiger partial charge >= 0.3 is 0 Å². The van der Waals surface area contributed by atoms with E-state index in [0.717, 1.165) is 23.1 Å². The molecule has 0 fully saturated rings. The van der Waals surface area contributed by atoms with Crippen LogP contribution in [-0.2, 0) is 19.9 Å². The molecule has 3 aromatic rings. The fourth-order valence-corrected chi connectivity index (χ4v) is 4.70. The van der Waals surface area contributed by atoms with Crippen LogP contribution < -0.4 is 10.1 Å². The highest BCUT2D eigenvalue weighted by Gasteiger charge is 2.30. The summed E-state index contributed by atoms with van der Waals surface area (Å²) >= 11 is 0. The molecule has 0 saturated heterocycles. The zero-order chi connectivity index (χ0) is 23.1. The van der Waals surface area contributed by atoms with E-state index in [2.05, 4.69) is 0 Å². The van der Waals surface area contributed by atoms with Crippen LogP contribution in [0.3, 0.4) is 0 Å². The highest BCUT2D eigenvalue weighted by Crippen LogP contribution is 2.37. The molecule has 1 aliphatic rings. The number of sulfone groups is 1. The third kappa shape index (κ3) is 4.57. The molecule has 0 amide bonds. The maximum atomic E-state index is 13.5. The van der Waals surface area contributed by atoms with Gasteiger partial charge in [-0.2, -0.15) is 5.10 Å². The molecular weight excluding hydrogens is 453 g/mol. The Balaban J connectivity index is 1.74. The molecule has 10 heteroatoms. The van der Waals surface area contributed by atoms with Gasteiger partial charge in [0, 0.05) is 12.7 Å². The highest BCUT2D eigenvalue weighted by molar-refractivity contribution is 7.90. The van der Waals surface area contributed by atoms with E-state index < -0.39 is 19.9 Å². The molecule has 2 N–H and O–H groups in total. The Morgan fingerprint density at radius 1 is 0.875 bits per heavy atom. The van der Waals surface area contributed by atoms with Crippen molar-refractivity contribution in [3.8, 4) is 0 Å². The van der Waals surface area contributed by atoms with E-state index in [-0.39, 0.29) is 21.7 Å². The third-order valence-electron chi connectivity index (χ3n) is 5.21. The van der Waals surface area contributed by atoms with Gasteiger partial charge in [0.1, 0.15) is 5.82 Å². The van der Waals surface area contributed by atoms with Crippen LogP contribution in [0.15, 0.2) is 87.7 Å². The van der Waals surface area contributed by atoms with E-state index in [1.165, 1.54) is 36.4 Å².